The standard InChI is InChI=1S/C19H20N2O2S/c1-21(2)18-10-7-15(8-11-18)14-20-24(22,23)19-12-9-16-5-3-4-6-17(16)13-19/h3-13,20H,14H2,1-2H3. The van der Waals surface area contributed by atoms with E-state index < -0.39 is 10.0 Å². The monoisotopic (exact) mass is 340 g/mol. The van der Waals surface area contributed by atoms with E-state index in [1.807, 2.05) is 73.6 Å². The van der Waals surface area contributed by atoms with Crippen molar-refractivity contribution >= 4 is 26.5 Å². The maximum atomic E-state index is 12.5. The van der Waals surface area contributed by atoms with Crippen LogP contribution < -0.4 is 9.62 Å². The third-order valence-electron chi connectivity index (χ3n) is 3.95. The Morgan fingerprint density at radius 1 is 0.875 bits per heavy atom. The molecule has 0 saturated carbocycles. The molecular weight excluding hydrogens is 320 g/mol. The molecule has 0 radical (unpaired) electrons. The molecule has 0 aromatic heterocycles. The minimum absolute atomic E-state index is 0.267. The molecule has 0 fully saturated rings. The molecule has 0 unspecified atom stereocenters. The minimum Gasteiger partial charge on any atom is -0.378 e. The van der Waals surface area contributed by atoms with Gasteiger partial charge in [-0.05, 0) is 40.6 Å². The fourth-order valence-electron chi connectivity index (χ4n) is 2.51. The van der Waals surface area contributed by atoms with Gasteiger partial charge in [0.15, 0.2) is 0 Å². The zero-order valence-electron chi connectivity index (χ0n) is 13.7. The fourth-order valence-corrected chi connectivity index (χ4v) is 3.56. The number of fused-ring (bicyclic) bond motifs is 1. The van der Waals surface area contributed by atoms with E-state index in [4.69, 9.17) is 0 Å². The van der Waals surface area contributed by atoms with Crippen LogP contribution in [0.15, 0.2) is 71.6 Å². The van der Waals surface area contributed by atoms with Gasteiger partial charge < -0.3 is 4.90 Å². The lowest BCUT2D eigenvalue weighted by Gasteiger charge is -2.13. The third kappa shape index (κ3) is 3.58. The van der Waals surface area contributed by atoms with Crippen LogP contribution in [0.1, 0.15) is 5.56 Å². The molecule has 3 rings (SSSR count). The molecule has 1 N–H and O–H groups in total. The highest BCUT2D eigenvalue weighted by Gasteiger charge is 2.14. The van der Waals surface area contributed by atoms with E-state index >= 15 is 0 Å². The van der Waals surface area contributed by atoms with Gasteiger partial charge in [-0.3, -0.25) is 0 Å². The largest absolute Gasteiger partial charge is 0.378 e. The first-order valence-corrected chi connectivity index (χ1v) is 9.19. The molecule has 0 spiro atoms. The van der Waals surface area contributed by atoms with Crippen molar-refractivity contribution in [1.29, 1.82) is 0 Å². The molecule has 0 aliphatic rings. The summed E-state index contributed by atoms with van der Waals surface area (Å²) in [6.07, 6.45) is 0. The summed E-state index contributed by atoms with van der Waals surface area (Å²) in [5.74, 6) is 0. The first-order chi connectivity index (χ1) is 11.5. The third-order valence-corrected chi connectivity index (χ3v) is 5.35. The summed E-state index contributed by atoms with van der Waals surface area (Å²) in [5, 5.41) is 1.94. The molecule has 4 nitrogen and oxygen atoms in total. The van der Waals surface area contributed by atoms with Crippen LogP contribution in [0.3, 0.4) is 0 Å². The lowest BCUT2D eigenvalue weighted by molar-refractivity contribution is 0.581. The summed E-state index contributed by atoms with van der Waals surface area (Å²) in [6, 6.07) is 20.7. The van der Waals surface area contributed by atoms with Crippen molar-refractivity contribution < 1.29 is 8.42 Å². The number of nitrogens with zero attached hydrogens (tertiary/aromatic N) is 1. The second kappa shape index (κ2) is 6.63. The predicted molar refractivity (Wildman–Crippen MR) is 98.7 cm³/mol. The van der Waals surface area contributed by atoms with Crippen LogP contribution in [0.25, 0.3) is 10.8 Å². The number of hydrogen-bond acceptors (Lipinski definition) is 3. The van der Waals surface area contributed by atoms with Crippen LogP contribution in [0.4, 0.5) is 5.69 Å². The van der Waals surface area contributed by atoms with E-state index in [0.29, 0.717) is 0 Å². The van der Waals surface area contributed by atoms with Gasteiger partial charge in [-0.2, -0.15) is 0 Å². The number of sulfonamides is 1. The van der Waals surface area contributed by atoms with Crippen LogP contribution in [0.5, 0.6) is 0 Å². The van der Waals surface area contributed by atoms with E-state index in [1.54, 1.807) is 12.1 Å². The summed E-state index contributed by atoms with van der Waals surface area (Å²) in [5.41, 5.74) is 2.00. The Hall–Kier alpha value is -2.37. The maximum absolute atomic E-state index is 12.5. The molecule has 0 heterocycles. The van der Waals surface area contributed by atoms with Crippen LogP contribution in [-0.4, -0.2) is 22.5 Å². The molecule has 0 aliphatic carbocycles. The highest BCUT2D eigenvalue weighted by atomic mass is 32.2. The molecule has 0 amide bonds. The van der Waals surface area contributed by atoms with E-state index in [-0.39, 0.29) is 11.4 Å². The zero-order valence-corrected chi connectivity index (χ0v) is 14.5. The Morgan fingerprint density at radius 3 is 2.21 bits per heavy atom. The molecule has 3 aromatic rings. The van der Waals surface area contributed by atoms with Crippen molar-refractivity contribution in [3.63, 3.8) is 0 Å². The van der Waals surface area contributed by atoms with Gasteiger partial charge in [0, 0.05) is 26.3 Å². The Balaban J connectivity index is 1.77. The SMILES string of the molecule is CN(C)c1ccc(CNS(=O)(=O)c2ccc3ccccc3c2)cc1. The summed E-state index contributed by atoms with van der Waals surface area (Å²) in [6.45, 7) is 0.267. The highest BCUT2D eigenvalue weighted by Crippen LogP contribution is 2.19. The molecule has 0 saturated heterocycles. The van der Waals surface area contributed by atoms with Gasteiger partial charge in [-0.1, -0.05) is 42.5 Å². The van der Waals surface area contributed by atoms with Crippen LogP contribution in [0.2, 0.25) is 0 Å². The predicted octanol–water partition coefficient (Wildman–Crippen LogP) is 3.38. The Bertz CT molecular complexity index is 949. The summed E-state index contributed by atoms with van der Waals surface area (Å²) >= 11 is 0. The topological polar surface area (TPSA) is 49.4 Å². The van der Waals surface area contributed by atoms with E-state index in [2.05, 4.69) is 4.72 Å². The van der Waals surface area contributed by atoms with Crippen molar-refractivity contribution in [2.45, 2.75) is 11.4 Å². The molecule has 0 atom stereocenters. The van der Waals surface area contributed by atoms with Crippen LogP contribution >= 0.6 is 0 Å². The number of anilines is 1. The normalized spacial score (nSPS) is 11.6. The van der Waals surface area contributed by atoms with Crippen molar-refractivity contribution in [3.05, 3.63) is 72.3 Å². The zero-order chi connectivity index (χ0) is 17.2. The molecule has 0 bridgehead atoms. The van der Waals surface area contributed by atoms with Crippen LogP contribution in [-0.2, 0) is 16.6 Å². The summed E-state index contributed by atoms with van der Waals surface area (Å²) < 4.78 is 27.7. The summed E-state index contributed by atoms with van der Waals surface area (Å²) in [4.78, 5) is 2.29. The van der Waals surface area contributed by atoms with Crippen molar-refractivity contribution in [2.75, 3.05) is 19.0 Å². The van der Waals surface area contributed by atoms with Crippen LogP contribution in [0, 0.1) is 0 Å². The Kier molecular flexibility index (Phi) is 4.55. The van der Waals surface area contributed by atoms with E-state index in [9.17, 15) is 8.42 Å². The summed E-state index contributed by atoms with van der Waals surface area (Å²) in [7, 11) is 0.403. The first-order valence-electron chi connectivity index (χ1n) is 7.70. The average Bonchev–Trinajstić information content (AvgIpc) is 2.60. The van der Waals surface area contributed by atoms with Gasteiger partial charge >= 0.3 is 0 Å². The smallest absolute Gasteiger partial charge is 0.240 e. The lowest BCUT2D eigenvalue weighted by Crippen LogP contribution is -2.23. The number of benzene rings is 3. The molecular formula is C19H20N2O2S. The molecule has 24 heavy (non-hydrogen) atoms. The Labute approximate surface area is 142 Å². The first kappa shape index (κ1) is 16.5. The maximum Gasteiger partial charge on any atom is 0.240 e. The van der Waals surface area contributed by atoms with Crippen molar-refractivity contribution in [2.24, 2.45) is 0 Å². The van der Waals surface area contributed by atoms with Gasteiger partial charge in [0.05, 0.1) is 4.90 Å². The second-order valence-electron chi connectivity index (χ2n) is 5.89. The lowest BCUT2D eigenvalue weighted by atomic mass is 10.1. The van der Waals surface area contributed by atoms with Gasteiger partial charge in [-0.25, -0.2) is 13.1 Å². The van der Waals surface area contributed by atoms with E-state index in [1.165, 1.54) is 0 Å². The number of nitrogens with one attached hydrogen (secondary N) is 1. The Morgan fingerprint density at radius 2 is 1.54 bits per heavy atom. The van der Waals surface area contributed by atoms with Crippen molar-refractivity contribution in [1.82, 2.24) is 4.72 Å². The number of rotatable bonds is 5. The quantitative estimate of drug-likeness (QED) is 0.774. The van der Waals surface area contributed by atoms with E-state index in [0.717, 1.165) is 22.0 Å². The van der Waals surface area contributed by atoms with Crippen molar-refractivity contribution in [3.8, 4) is 0 Å². The average molecular weight is 340 g/mol. The fraction of sp³-hybridized carbons (Fsp3) is 0.158. The number of hydrogen-bond donors (Lipinski definition) is 1. The molecule has 0 aliphatic heterocycles. The molecule has 5 heteroatoms. The second-order valence-corrected chi connectivity index (χ2v) is 7.66. The molecule has 3 aromatic carbocycles. The highest BCUT2D eigenvalue weighted by molar-refractivity contribution is 7.89. The van der Waals surface area contributed by atoms with Gasteiger partial charge in [0.25, 0.3) is 0 Å². The van der Waals surface area contributed by atoms with Gasteiger partial charge in [0.1, 0.15) is 0 Å². The van der Waals surface area contributed by atoms with Gasteiger partial charge in [-0.15, -0.1) is 0 Å². The molecule has 124 valence electrons. The van der Waals surface area contributed by atoms with Gasteiger partial charge in [0.2, 0.25) is 10.0 Å². The minimum atomic E-state index is -3.54.